The van der Waals surface area contributed by atoms with E-state index in [0.717, 1.165) is 75.1 Å². The van der Waals surface area contributed by atoms with Crippen LogP contribution in [0.15, 0.2) is 73.1 Å². The van der Waals surface area contributed by atoms with Crippen LogP contribution in [-0.2, 0) is 22.7 Å². The van der Waals surface area contributed by atoms with Gasteiger partial charge in [-0.05, 0) is 146 Å². The Balaban J connectivity index is 0.000000170. The summed E-state index contributed by atoms with van der Waals surface area (Å²) in [5.74, 6) is -0.856. The summed E-state index contributed by atoms with van der Waals surface area (Å²) in [7, 11) is 0. The summed E-state index contributed by atoms with van der Waals surface area (Å²) in [6.07, 6.45) is 5.57. The van der Waals surface area contributed by atoms with Gasteiger partial charge in [0.25, 0.3) is 0 Å². The number of carbonyl (C=O) groups excluding carboxylic acids is 4. The van der Waals surface area contributed by atoms with Gasteiger partial charge >= 0.3 is 0 Å². The highest BCUT2D eigenvalue weighted by molar-refractivity contribution is 14.1. The minimum atomic E-state index is -0.514. The summed E-state index contributed by atoms with van der Waals surface area (Å²) < 4.78 is 5.51. The lowest BCUT2D eigenvalue weighted by molar-refractivity contribution is -0.124. The normalized spacial score (nSPS) is 10.5. The van der Waals surface area contributed by atoms with Crippen molar-refractivity contribution in [1.82, 2.24) is 75.5 Å². The van der Waals surface area contributed by atoms with Gasteiger partial charge in [-0.15, -0.1) is 0 Å². The first kappa shape index (κ1) is 54.5. The highest BCUT2D eigenvalue weighted by atomic mass is 127. The number of aliphatic hydroxyl groups is 2. The van der Waals surface area contributed by atoms with Crippen molar-refractivity contribution in [2.75, 3.05) is 26.3 Å². The van der Waals surface area contributed by atoms with Crippen LogP contribution in [0, 0.1) is 35.1 Å². The molecule has 0 atom stereocenters. The molecule has 0 aliphatic rings. The van der Waals surface area contributed by atoms with E-state index in [-0.39, 0.29) is 16.8 Å². The number of fused-ring (bicyclic) bond motifs is 4. The molecule has 0 fully saturated rings. The number of pyridine rings is 5. The lowest BCUT2D eigenvalue weighted by Gasteiger charge is -2.04. The minimum absolute atomic E-state index is 0.0991. The van der Waals surface area contributed by atoms with Crippen LogP contribution in [0.3, 0.4) is 0 Å². The number of Topliss-reactive ketones (excluding diaryl/α,β-unsaturated/α-hetero) is 1. The van der Waals surface area contributed by atoms with Crippen LogP contribution in [0.1, 0.15) is 63.4 Å². The Kier molecular flexibility index (Phi) is 21.1. The van der Waals surface area contributed by atoms with Gasteiger partial charge in [-0.1, -0.05) is 11.6 Å². The molecule has 0 aromatic carbocycles. The quantitative estimate of drug-likeness (QED) is 0.0270. The van der Waals surface area contributed by atoms with Gasteiger partial charge in [-0.2, -0.15) is 20.4 Å². The van der Waals surface area contributed by atoms with Gasteiger partial charge in [0.2, 0.25) is 11.8 Å². The lowest BCUT2D eigenvalue weighted by Crippen LogP contribution is -2.27. The van der Waals surface area contributed by atoms with Crippen LogP contribution >= 0.6 is 56.8 Å². The standard InChI is InChI=1S/C14H18N4O3.C12H15IN4O2.C7H6ClNO.C7H7N3.C6H4IN3/c1-9-4-5-11-13(10(2)20)17-18(14(11)16-9)7-3-6-15-12(21)8-19;1-8-3-4-9-11(13)16-17(12(9)15-8)6-2-5-14-10(19)7-18;1-5-2-3-6(4-10)7(8)9-5;1-5-2-3-6-4-8-10-7(6)9-5;7-5-4-2-1-3-8-6(4)10-9-5/h4-5,19H,3,6-8H2,1-2H3,(H,15,21);3-4,18H,2,5-7H2,1H3,(H,14,19);2-4H,1H3;2-4H,1H3,(H,8,9,10);1-3H,(H,8,9,10). The van der Waals surface area contributed by atoms with E-state index in [0.29, 0.717) is 55.8 Å². The molecule has 9 aromatic rings. The first-order valence-electron chi connectivity index (χ1n) is 21.5. The molecule has 9 heterocycles. The van der Waals surface area contributed by atoms with Gasteiger partial charge in [0.15, 0.2) is 34.7 Å². The maximum Gasteiger partial charge on any atom is 0.245 e. The first-order chi connectivity index (χ1) is 33.6. The van der Waals surface area contributed by atoms with Gasteiger partial charge in [0.05, 0.1) is 27.9 Å². The van der Waals surface area contributed by atoms with E-state index >= 15 is 0 Å². The fourth-order valence-electron chi connectivity index (χ4n) is 6.22. The van der Waals surface area contributed by atoms with Crippen LogP contribution in [-0.4, -0.2) is 125 Å². The number of rotatable bonds is 12. The lowest BCUT2D eigenvalue weighted by atomic mass is 10.2. The smallest absolute Gasteiger partial charge is 0.245 e. The Bertz CT molecular complexity index is 3210. The monoisotopic (exact) mass is 1200 g/mol. The van der Waals surface area contributed by atoms with Crippen molar-refractivity contribution in [2.24, 2.45) is 0 Å². The number of aromatic amines is 2. The number of aromatic nitrogens is 13. The molecule has 70 heavy (non-hydrogen) atoms. The molecule has 0 saturated carbocycles. The minimum Gasteiger partial charge on any atom is -0.387 e. The zero-order valence-electron chi connectivity index (χ0n) is 38.7. The largest absolute Gasteiger partial charge is 0.387 e. The fraction of sp³-hybridized carbons (Fsp3) is 0.283. The molecule has 0 radical (unpaired) electrons. The van der Waals surface area contributed by atoms with Gasteiger partial charge in [0.1, 0.15) is 31.5 Å². The van der Waals surface area contributed by atoms with E-state index < -0.39 is 19.1 Å². The number of H-pyrrole nitrogens is 2. The van der Waals surface area contributed by atoms with Gasteiger partial charge in [0, 0.05) is 67.5 Å². The van der Waals surface area contributed by atoms with Crippen LogP contribution < -0.4 is 10.6 Å². The zero-order valence-corrected chi connectivity index (χ0v) is 43.8. The maximum atomic E-state index is 11.6. The molecular weight excluding hydrogens is 1150 g/mol. The summed E-state index contributed by atoms with van der Waals surface area (Å²) in [5, 5.41) is 48.8. The molecule has 9 aromatic heterocycles. The van der Waals surface area contributed by atoms with Gasteiger partial charge < -0.3 is 20.8 Å². The molecule has 24 heteroatoms. The predicted octanol–water partition coefficient (Wildman–Crippen LogP) is 5.97. The number of aldehydes is 1. The Labute approximate surface area is 433 Å². The molecule has 9 rings (SSSR count). The van der Waals surface area contributed by atoms with Gasteiger partial charge in [-0.25, -0.2) is 34.3 Å². The second kappa shape index (κ2) is 27.1. The van der Waals surface area contributed by atoms with Crippen LogP contribution in [0.2, 0.25) is 5.15 Å². The van der Waals surface area contributed by atoms with Crippen molar-refractivity contribution in [3.05, 3.63) is 120 Å². The van der Waals surface area contributed by atoms with Crippen molar-refractivity contribution in [3.8, 4) is 0 Å². The topological polar surface area (TPSA) is 290 Å². The van der Waals surface area contributed by atoms with Gasteiger partial charge in [-0.3, -0.25) is 29.4 Å². The molecular formula is C46H50ClI2N15O6. The number of ketones is 1. The second-order valence-corrected chi connectivity index (χ2v) is 17.6. The third-order valence-corrected chi connectivity index (χ3v) is 11.6. The maximum absolute atomic E-state index is 11.6. The summed E-state index contributed by atoms with van der Waals surface area (Å²) in [6.45, 7) is 10.3. The van der Waals surface area contributed by atoms with E-state index in [1.807, 2.05) is 80.9 Å². The Morgan fingerprint density at radius 2 is 1.30 bits per heavy atom. The zero-order chi connectivity index (χ0) is 50.7. The van der Waals surface area contributed by atoms with Crippen molar-refractivity contribution in [1.29, 1.82) is 0 Å². The van der Waals surface area contributed by atoms with Crippen molar-refractivity contribution < 1.29 is 29.4 Å². The number of hydrogen-bond acceptors (Lipinski definition) is 15. The number of aryl methyl sites for hydroxylation is 6. The Morgan fingerprint density at radius 3 is 1.90 bits per heavy atom. The molecule has 366 valence electrons. The molecule has 0 bridgehead atoms. The average Bonchev–Trinajstić information content (AvgIpc) is 4.14. The molecule has 2 amide bonds. The molecule has 6 N–H and O–H groups in total. The summed E-state index contributed by atoms with van der Waals surface area (Å²) in [5.41, 5.74) is 7.68. The molecule has 21 nitrogen and oxygen atoms in total. The summed E-state index contributed by atoms with van der Waals surface area (Å²) in [4.78, 5) is 64.7. The number of amides is 2. The molecule has 0 unspecified atom stereocenters. The number of aliphatic hydroxyl groups excluding tert-OH is 2. The summed E-state index contributed by atoms with van der Waals surface area (Å²) >= 11 is 9.98. The van der Waals surface area contributed by atoms with E-state index in [4.69, 9.17) is 21.8 Å². The van der Waals surface area contributed by atoms with E-state index in [1.165, 1.54) is 6.92 Å². The molecule has 0 aliphatic heterocycles. The van der Waals surface area contributed by atoms with Crippen molar-refractivity contribution >= 4 is 125 Å². The third-order valence-electron chi connectivity index (χ3n) is 9.65. The van der Waals surface area contributed by atoms with Crippen LogP contribution in [0.4, 0.5) is 0 Å². The highest BCUT2D eigenvalue weighted by Crippen LogP contribution is 2.20. The average molecular weight is 1200 g/mol. The van der Waals surface area contributed by atoms with Crippen LogP contribution in [0.5, 0.6) is 0 Å². The van der Waals surface area contributed by atoms with Crippen molar-refractivity contribution in [3.63, 3.8) is 0 Å². The number of carbonyl (C=O) groups is 4. The Morgan fingerprint density at radius 1 is 0.729 bits per heavy atom. The number of halogens is 3. The second-order valence-electron chi connectivity index (χ2n) is 15.1. The molecule has 0 aliphatic carbocycles. The van der Waals surface area contributed by atoms with E-state index in [1.54, 1.807) is 29.2 Å². The highest BCUT2D eigenvalue weighted by Gasteiger charge is 2.15. The Hall–Kier alpha value is -6.42. The predicted molar refractivity (Wildman–Crippen MR) is 281 cm³/mol. The fourth-order valence-corrected chi connectivity index (χ4v) is 7.68. The first-order valence-corrected chi connectivity index (χ1v) is 24.0. The SMILES string of the molecule is CC(=O)c1nn(CCCNC(=O)CO)c2nc(C)ccc12.Cc1ccc(C=O)c(Cl)n1.Cc1ccc2c(I)nn(CCCNC(=O)CO)c2n1.Cc1ccc2cn[nH]c2n1.Ic1[nH]nc2ncccc12. The molecule has 0 saturated heterocycles. The van der Waals surface area contributed by atoms with E-state index in [2.05, 4.69) is 111 Å². The molecule has 0 spiro atoms. The van der Waals surface area contributed by atoms with Crippen LogP contribution in [0.25, 0.3) is 44.1 Å². The third kappa shape index (κ3) is 15.8. The summed E-state index contributed by atoms with van der Waals surface area (Å²) in [6, 6.07) is 19.0. The number of nitrogens with zero attached hydrogens (tertiary/aromatic N) is 11. The number of hydrogen-bond donors (Lipinski definition) is 6. The number of nitrogens with one attached hydrogen (secondary N) is 4. The van der Waals surface area contributed by atoms with E-state index in [9.17, 15) is 19.2 Å². The van der Waals surface area contributed by atoms with Crippen molar-refractivity contribution in [2.45, 2.75) is 60.5 Å².